The molecule has 1 fully saturated rings. The van der Waals surface area contributed by atoms with Crippen LogP contribution in [0.15, 0.2) is 30.5 Å². The van der Waals surface area contributed by atoms with Crippen LogP contribution < -0.4 is 10.6 Å². The number of halogens is 1. The minimum absolute atomic E-state index is 0.331. The van der Waals surface area contributed by atoms with E-state index in [1.54, 1.807) is 0 Å². The van der Waals surface area contributed by atoms with E-state index in [9.17, 15) is 0 Å². The molecule has 1 aliphatic rings. The van der Waals surface area contributed by atoms with Crippen LogP contribution in [-0.2, 0) is 6.42 Å². The Bertz CT molecular complexity index is 651. The summed E-state index contributed by atoms with van der Waals surface area (Å²) in [6.07, 6.45) is 2.62. The monoisotopic (exact) mass is 331 g/mol. The van der Waals surface area contributed by atoms with Gasteiger partial charge in [-0.1, -0.05) is 30.7 Å². The average molecular weight is 332 g/mol. The molecule has 6 heteroatoms. The number of nitrogen functional groups attached to an aromatic ring is 1. The third kappa shape index (κ3) is 3.92. The molecule has 0 amide bonds. The molecule has 122 valence electrons. The van der Waals surface area contributed by atoms with Crippen molar-refractivity contribution in [1.82, 2.24) is 14.9 Å². The van der Waals surface area contributed by atoms with Crippen molar-refractivity contribution >= 4 is 23.4 Å². The highest BCUT2D eigenvalue weighted by molar-refractivity contribution is 6.30. The smallest absolute Gasteiger partial charge is 0.221 e. The number of benzene rings is 1. The maximum Gasteiger partial charge on any atom is 0.221 e. The van der Waals surface area contributed by atoms with Gasteiger partial charge in [0, 0.05) is 49.4 Å². The van der Waals surface area contributed by atoms with E-state index in [0.717, 1.165) is 55.5 Å². The first kappa shape index (κ1) is 16.0. The van der Waals surface area contributed by atoms with Gasteiger partial charge in [0.15, 0.2) is 0 Å². The van der Waals surface area contributed by atoms with Gasteiger partial charge in [-0.15, -0.1) is 0 Å². The predicted molar refractivity (Wildman–Crippen MR) is 95.0 cm³/mol. The van der Waals surface area contributed by atoms with E-state index in [2.05, 4.69) is 26.7 Å². The van der Waals surface area contributed by atoms with Crippen LogP contribution >= 0.6 is 11.6 Å². The first-order valence-electron chi connectivity index (χ1n) is 7.99. The highest BCUT2D eigenvalue weighted by Gasteiger charge is 2.20. The predicted octanol–water partition coefficient (Wildman–Crippen LogP) is 2.44. The molecule has 2 N–H and O–H groups in total. The van der Waals surface area contributed by atoms with Gasteiger partial charge in [-0.3, -0.25) is 0 Å². The number of piperazine rings is 1. The van der Waals surface area contributed by atoms with Gasteiger partial charge in [-0.25, -0.2) is 4.98 Å². The maximum atomic E-state index is 5.96. The zero-order chi connectivity index (χ0) is 16.2. The largest absolute Gasteiger partial charge is 0.368 e. The molecule has 3 rings (SSSR count). The molecule has 0 saturated carbocycles. The lowest BCUT2D eigenvalue weighted by molar-refractivity contribution is 0.270. The lowest BCUT2D eigenvalue weighted by Gasteiger charge is -2.35. The number of nitrogens with zero attached hydrogens (tertiary/aromatic N) is 4. The molecule has 5 nitrogen and oxygen atoms in total. The highest BCUT2D eigenvalue weighted by atomic mass is 35.5. The molecule has 0 atom stereocenters. The Balaban J connectivity index is 1.82. The summed E-state index contributed by atoms with van der Waals surface area (Å²) in [4.78, 5) is 13.5. The lowest BCUT2D eigenvalue weighted by atomic mass is 10.1. The molecule has 1 saturated heterocycles. The fraction of sp³-hybridized carbons (Fsp3) is 0.412. The second-order valence-electron chi connectivity index (χ2n) is 5.80. The quantitative estimate of drug-likeness (QED) is 0.932. The van der Waals surface area contributed by atoms with Crippen molar-refractivity contribution < 1.29 is 0 Å². The summed E-state index contributed by atoms with van der Waals surface area (Å²) >= 11 is 5.96. The zero-order valence-electron chi connectivity index (χ0n) is 13.4. The molecule has 1 aromatic carbocycles. The summed E-state index contributed by atoms with van der Waals surface area (Å²) in [5.41, 5.74) is 8.12. The van der Waals surface area contributed by atoms with Gasteiger partial charge in [0.2, 0.25) is 5.95 Å². The van der Waals surface area contributed by atoms with E-state index in [-0.39, 0.29) is 0 Å². The van der Waals surface area contributed by atoms with Crippen molar-refractivity contribution in [3.63, 3.8) is 0 Å². The van der Waals surface area contributed by atoms with Crippen LogP contribution in [0.5, 0.6) is 0 Å². The fourth-order valence-corrected chi connectivity index (χ4v) is 3.03. The summed E-state index contributed by atoms with van der Waals surface area (Å²) in [7, 11) is 0. The molecule has 0 spiro atoms. The maximum absolute atomic E-state index is 5.96. The number of rotatable bonds is 4. The molecular weight excluding hydrogens is 310 g/mol. The van der Waals surface area contributed by atoms with Crippen molar-refractivity contribution in [1.29, 1.82) is 0 Å². The Hall–Kier alpha value is -1.85. The molecule has 2 aromatic rings. The van der Waals surface area contributed by atoms with Gasteiger partial charge in [0.1, 0.15) is 5.82 Å². The molecule has 1 aromatic heterocycles. The molecule has 2 heterocycles. The summed E-state index contributed by atoms with van der Waals surface area (Å²) in [5.74, 6) is 1.29. The van der Waals surface area contributed by atoms with E-state index in [1.807, 2.05) is 30.5 Å². The van der Waals surface area contributed by atoms with Crippen LogP contribution in [0.3, 0.4) is 0 Å². The number of hydrogen-bond acceptors (Lipinski definition) is 5. The van der Waals surface area contributed by atoms with Gasteiger partial charge in [-0.2, -0.15) is 4.98 Å². The Kier molecular flexibility index (Phi) is 4.98. The van der Waals surface area contributed by atoms with Crippen molar-refractivity contribution in [2.75, 3.05) is 43.4 Å². The molecule has 23 heavy (non-hydrogen) atoms. The first-order valence-corrected chi connectivity index (χ1v) is 8.36. The van der Waals surface area contributed by atoms with Crippen molar-refractivity contribution in [3.8, 4) is 0 Å². The van der Waals surface area contributed by atoms with E-state index < -0.39 is 0 Å². The second kappa shape index (κ2) is 7.15. The molecule has 0 aliphatic carbocycles. The van der Waals surface area contributed by atoms with Crippen LogP contribution in [0.1, 0.15) is 18.1 Å². The van der Waals surface area contributed by atoms with Crippen molar-refractivity contribution in [3.05, 3.63) is 46.6 Å². The van der Waals surface area contributed by atoms with Crippen LogP contribution in [0.2, 0.25) is 5.02 Å². The minimum Gasteiger partial charge on any atom is -0.368 e. The van der Waals surface area contributed by atoms with Crippen LogP contribution in [0, 0.1) is 0 Å². The molecule has 1 aliphatic heterocycles. The zero-order valence-corrected chi connectivity index (χ0v) is 14.1. The Morgan fingerprint density at radius 3 is 2.48 bits per heavy atom. The lowest BCUT2D eigenvalue weighted by Crippen LogP contribution is -2.46. The van der Waals surface area contributed by atoms with Gasteiger partial charge in [-0.05, 0) is 24.2 Å². The van der Waals surface area contributed by atoms with Gasteiger partial charge in [0.25, 0.3) is 0 Å². The van der Waals surface area contributed by atoms with Crippen LogP contribution in [0.25, 0.3) is 0 Å². The van der Waals surface area contributed by atoms with Crippen molar-refractivity contribution in [2.24, 2.45) is 0 Å². The van der Waals surface area contributed by atoms with Gasteiger partial charge < -0.3 is 15.5 Å². The minimum atomic E-state index is 0.331. The first-order chi connectivity index (χ1) is 11.2. The Morgan fingerprint density at radius 2 is 1.83 bits per heavy atom. The Morgan fingerprint density at radius 1 is 1.13 bits per heavy atom. The third-order valence-electron chi connectivity index (χ3n) is 4.29. The van der Waals surface area contributed by atoms with E-state index >= 15 is 0 Å². The van der Waals surface area contributed by atoms with Gasteiger partial charge >= 0.3 is 0 Å². The molecule has 0 bridgehead atoms. The average Bonchev–Trinajstić information content (AvgIpc) is 2.58. The van der Waals surface area contributed by atoms with Crippen LogP contribution in [-0.4, -0.2) is 47.6 Å². The highest BCUT2D eigenvalue weighted by Crippen LogP contribution is 2.23. The van der Waals surface area contributed by atoms with E-state index in [1.165, 1.54) is 5.56 Å². The number of hydrogen-bond donors (Lipinski definition) is 1. The van der Waals surface area contributed by atoms with Gasteiger partial charge in [0.05, 0.1) is 0 Å². The summed E-state index contributed by atoms with van der Waals surface area (Å²) in [6, 6.07) is 7.90. The van der Waals surface area contributed by atoms with Crippen LogP contribution in [0.4, 0.5) is 11.8 Å². The molecular formula is C17H22ClN5. The number of likely N-dealkylation sites (N-methyl/N-ethyl adjacent to an activating group) is 1. The van der Waals surface area contributed by atoms with E-state index in [0.29, 0.717) is 5.95 Å². The second-order valence-corrected chi connectivity index (χ2v) is 6.24. The fourth-order valence-electron chi connectivity index (χ4n) is 2.91. The normalized spacial score (nSPS) is 15.8. The third-order valence-corrected chi connectivity index (χ3v) is 4.54. The number of anilines is 2. The SMILES string of the molecule is CCN1CCN(c2nc(N)ncc2Cc2ccc(Cl)cc2)CC1. The summed E-state index contributed by atoms with van der Waals surface area (Å²) in [6.45, 7) is 7.35. The van der Waals surface area contributed by atoms with Crippen molar-refractivity contribution in [2.45, 2.75) is 13.3 Å². The molecule has 0 radical (unpaired) electrons. The molecule has 0 unspecified atom stereocenters. The van der Waals surface area contributed by atoms with E-state index in [4.69, 9.17) is 17.3 Å². The summed E-state index contributed by atoms with van der Waals surface area (Å²) < 4.78 is 0. The number of nitrogens with two attached hydrogens (primary N) is 1. The Labute approximate surface area is 142 Å². The summed E-state index contributed by atoms with van der Waals surface area (Å²) in [5, 5.41) is 0.748. The topological polar surface area (TPSA) is 58.3 Å². The standard InChI is InChI=1S/C17H22ClN5/c1-2-22-7-9-23(10-8-22)16-14(12-20-17(19)21-16)11-13-3-5-15(18)6-4-13/h3-6,12H,2,7-11H2,1H3,(H2,19,20,21). The number of aromatic nitrogens is 2.